The van der Waals surface area contributed by atoms with Crippen molar-refractivity contribution in [1.29, 1.82) is 0 Å². The van der Waals surface area contributed by atoms with Crippen LogP contribution in [0.3, 0.4) is 0 Å². The van der Waals surface area contributed by atoms with Crippen molar-refractivity contribution in [3.63, 3.8) is 0 Å². The van der Waals surface area contributed by atoms with Crippen molar-refractivity contribution in [3.05, 3.63) is 69.6 Å². The van der Waals surface area contributed by atoms with E-state index in [0.717, 1.165) is 13.0 Å². The van der Waals surface area contributed by atoms with Crippen LogP contribution in [-0.2, 0) is 6.54 Å². The van der Waals surface area contributed by atoms with E-state index < -0.39 is 0 Å². The molecule has 2 heterocycles. The monoisotopic (exact) mass is 316 g/mol. The van der Waals surface area contributed by atoms with Crippen molar-refractivity contribution >= 4 is 17.5 Å². The van der Waals surface area contributed by atoms with Gasteiger partial charge in [0, 0.05) is 31.3 Å². The number of aromatic nitrogens is 1. The Morgan fingerprint density at radius 3 is 2.64 bits per heavy atom. The van der Waals surface area contributed by atoms with Crippen LogP contribution in [0.25, 0.3) is 0 Å². The largest absolute Gasteiger partial charge is 0.338 e. The Bertz CT molecular complexity index is 727. The second kappa shape index (κ2) is 6.36. The predicted molar refractivity (Wildman–Crippen MR) is 86.2 cm³/mol. The van der Waals surface area contributed by atoms with Gasteiger partial charge in [0.05, 0.1) is 0 Å². The summed E-state index contributed by atoms with van der Waals surface area (Å²) >= 11 is 6.09. The van der Waals surface area contributed by atoms with E-state index in [9.17, 15) is 9.59 Å². The summed E-state index contributed by atoms with van der Waals surface area (Å²) in [4.78, 5) is 26.1. The van der Waals surface area contributed by atoms with Crippen LogP contribution in [0.1, 0.15) is 16.8 Å². The summed E-state index contributed by atoms with van der Waals surface area (Å²) in [6, 6.07) is 14.2. The highest BCUT2D eigenvalue weighted by Crippen LogP contribution is 2.21. The number of halogens is 1. The molecule has 1 atom stereocenters. The van der Waals surface area contributed by atoms with Gasteiger partial charge in [-0.1, -0.05) is 35.9 Å². The lowest BCUT2D eigenvalue weighted by molar-refractivity contribution is 0.0786. The number of pyridine rings is 1. The second-order valence-corrected chi connectivity index (χ2v) is 5.96. The first kappa shape index (κ1) is 14.9. The molecule has 1 aromatic heterocycles. The fourth-order valence-electron chi connectivity index (χ4n) is 2.86. The van der Waals surface area contributed by atoms with E-state index in [2.05, 4.69) is 0 Å². The standard InChI is InChI=1S/C17H17ClN2O2/c18-15-7-4-8-16(21)20(15)12-13-9-10-19(11-13)17(22)14-5-2-1-3-6-14/h1-8,13H,9-12H2/t13-/m0/s1. The van der Waals surface area contributed by atoms with Crippen LogP contribution in [0.2, 0.25) is 5.15 Å². The molecule has 0 spiro atoms. The molecule has 0 saturated carbocycles. The number of carbonyl (C=O) groups excluding carboxylic acids is 1. The van der Waals surface area contributed by atoms with Gasteiger partial charge in [0.1, 0.15) is 5.15 Å². The molecule has 114 valence electrons. The van der Waals surface area contributed by atoms with Crippen LogP contribution in [0.15, 0.2) is 53.3 Å². The molecular formula is C17H17ClN2O2. The van der Waals surface area contributed by atoms with Gasteiger partial charge in [0.15, 0.2) is 0 Å². The molecule has 22 heavy (non-hydrogen) atoms. The van der Waals surface area contributed by atoms with Crippen LogP contribution < -0.4 is 5.56 Å². The number of carbonyl (C=O) groups is 1. The van der Waals surface area contributed by atoms with E-state index in [1.807, 2.05) is 35.2 Å². The van der Waals surface area contributed by atoms with Crippen molar-refractivity contribution in [3.8, 4) is 0 Å². The Kier molecular flexibility index (Phi) is 4.29. The fraction of sp³-hybridized carbons (Fsp3) is 0.294. The molecule has 3 rings (SSSR count). The van der Waals surface area contributed by atoms with Gasteiger partial charge in [-0.2, -0.15) is 0 Å². The third-order valence-electron chi connectivity index (χ3n) is 4.03. The quantitative estimate of drug-likeness (QED) is 0.817. The zero-order chi connectivity index (χ0) is 15.5. The van der Waals surface area contributed by atoms with Crippen LogP contribution >= 0.6 is 11.6 Å². The van der Waals surface area contributed by atoms with Crippen molar-refractivity contribution in [2.45, 2.75) is 13.0 Å². The molecule has 1 aliphatic rings. The minimum atomic E-state index is -0.0969. The zero-order valence-corrected chi connectivity index (χ0v) is 12.9. The summed E-state index contributed by atoms with van der Waals surface area (Å²) in [6.07, 6.45) is 0.885. The molecular weight excluding hydrogens is 300 g/mol. The fourth-order valence-corrected chi connectivity index (χ4v) is 3.08. The summed E-state index contributed by atoms with van der Waals surface area (Å²) < 4.78 is 1.57. The maximum Gasteiger partial charge on any atom is 0.253 e. The summed E-state index contributed by atoms with van der Waals surface area (Å²) in [5, 5.41) is 0.445. The van der Waals surface area contributed by atoms with Crippen molar-refractivity contribution < 1.29 is 4.79 Å². The molecule has 0 unspecified atom stereocenters. The average molecular weight is 317 g/mol. The predicted octanol–water partition coefficient (Wildman–Crippen LogP) is 2.66. The number of hydrogen-bond donors (Lipinski definition) is 0. The molecule has 0 aliphatic carbocycles. The Balaban J connectivity index is 1.68. The van der Waals surface area contributed by atoms with Crippen molar-refractivity contribution in [2.24, 2.45) is 5.92 Å². The average Bonchev–Trinajstić information content (AvgIpc) is 3.00. The van der Waals surface area contributed by atoms with Gasteiger partial charge in [-0.25, -0.2) is 0 Å². The minimum absolute atomic E-state index is 0.0506. The van der Waals surface area contributed by atoms with E-state index in [-0.39, 0.29) is 17.4 Å². The van der Waals surface area contributed by atoms with Crippen molar-refractivity contribution in [2.75, 3.05) is 13.1 Å². The van der Waals surface area contributed by atoms with Gasteiger partial charge in [-0.3, -0.25) is 14.2 Å². The molecule has 4 nitrogen and oxygen atoms in total. The van der Waals surface area contributed by atoms with Gasteiger partial charge >= 0.3 is 0 Å². The minimum Gasteiger partial charge on any atom is -0.338 e. The first-order chi connectivity index (χ1) is 10.6. The van der Waals surface area contributed by atoms with Crippen molar-refractivity contribution in [1.82, 2.24) is 9.47 Å². The Morgan fingerprint density at radius 1 is 1.14 bits per heavy atom. The van der Waals surface area contributed by atoms with E-state index >= 15 is 0 Å². The lowest BCUT2D eigenvalue weighted by Gasteiger charge is -2.17. The highest BCUT2D eigenvalue weighted by atomic mass is 35.5. The number of benzene rings is 1. The smallest absolute Gasteiger partial charge is 0.253 e. The summed E-state index contributed by atoms with van der Waals surface area (Å²) in [6.45, 7) is 1.93. The molecule has 0 radical (unpaired) electrons. The number of likely N-dealkylation sites (tertiary alicyclic amines) is 1. The first-order valence-electron chi connectivity index (χ1n) is 7.35. The van der Waals surface area contributed by atoms with E-state index in [0.29, 0.717) is 23.8 Å². The normalized spacial score (nSPS) is 17.7. The highest BCUT2D eigenvalue weighted by molar-refractivity contribution is 6.29. The molecule has 5 heteroatoms. The summed E-state index contributed by atoms with van der Waals surface area (Å²) in [7, 11) is 0. The maximum atomic E-state index is 12.4. The van der Waals surface area contributed by atoms with E-state index in [4.69, 9.17) is 11.6 Å². The molecule has 0 N–H and O–H groups in total. The lowest BCUT2D eigenvalue weighted by atomic mass is 10.1. The molecule has 1 fully saturated rings. The van der Waals surface area contributed by atoms with Gasteiger partial charge < -0.3 is 4.90 Å². The van der Waals surface area contributed by atoms with Crippen LogP contribution in [0.5, 0.6) is 0 Å². The van der Waals surface area contributed by atoms with E-state index in [1.54, 1.807) is 16.7 Å². The first-order valence-corrected chi connectivity index (χ1v) is 7.72. The number of rotatable bonds is 3. The highest BCUT2D eigenvalue weighted by Gasteiger charge is 2.27. The van der Waals surface area contributed by atoms with Gasteiger partial charge in [0.2, 0.25) is 0 Å². The topological polar surface area (TPSA) is 42.3 Å². The molecule has 2 aromatic rings. The third kappa shape index (κ3) is 3.07. The van der Waals surface area contributed by atoms with E-state index in [1.165, 1.54) is 6.07 Å². The lowest BCUT2D eigenvalue weighted by Crippen LogP contribution is -2.30. The van der Waals surface area contributed by atoms with Gasteiger partial charge in [-0.05, 0) is 30.5 Å². The van der Waals surface area contributed by atoms with Gasteiger partial charge in [-0.15, -0.1) is 0 Å². The third-order valence-corrected chi connectivity index (χ3v) is 4.36. The molecule has 0 bridgehead atoms. The number of nitrogens with zero attached hydrogens (tertiary/aromatic N) is 2. The Hall–Kier alpha value is -2.07. The zero-order valence-electron chi connectivity index (χ0n) is 12.1. The van der Waals surface area contributed by atoms with Crippen LogP contribution in [0, 0.1) is 5.92 Å². The second-order valence-electron chi connectivity index (χ2n) is 5.57. The Labute approximate surface area is 133 Å². The maximum absolute atomic E-state index is 12.4. The molecule has 1 aromatic carbocycles. The molecule has 1 aliphatic heterocycles. The molecule has 1 saturated heterocycles. The van der Waals surface area contributed by atoms with Gasteiger partial charge in [0.25, 0.3) is 11.5 Å². The number of hydrogen-bond acceptors (Lipinski definition) is 2. The molecule has 1 amide bonds. The number of amides is 1. The summed E-state index contributed by atoms with van der Waals surface area (Å²) in [5.74, 6) is 0.305. The summed E-state index contributed by atoms with van der Waals surface area (Å²) in [5.41, 5.74) is 0.610. The van der Waals surface area contributed by atoms with Crippen LogP contribution in [-0.4, -0.2) is 28.5 Å². The Morgan fingerprint density at radius 2 is 1.91 bits per heavy atom. The van der Waals surface area contributed by atoms with Crippen LogP contribution in [0.4, 0.5) is 0 Å². The SMILES string of the molecule is O=C(c1ccccc1)N1CC[C@H](Cn2c(Cl)cccc2=O)C1.